The molecule has 3 nitrogen and oxygen atoms in total. The molecule has 2 aliphatic rings. The molecule has 2 fully saturated rings. The van der Waals surface area contributed by atoms with Crippen LogP contribution in [-0.4, -0.2) is 41.6 Å². The Hall–Kier alpha value is -0.220. The van der Waals surface area contributed by atoms with E-state index in [4.69, 9.17) is 0 Å². The summed E-state index contributed by atoms with van der Waals surface area (Å²) in [6.45, 7) is 4.21. The highest BCUT2D eigenvalue weighted by Gasteiger charge is 2.28. The first kappa shape index (κ1) is 11.3. The molecule has 0 spiro atoms. The molecule has 4 heteroatoms. The van der Waals surface area contributed by atoms with Gasteiger partial charge in [-0.2, -0.15) is 0 Å². The van der Waals surface area contributed by atoms with Gasteiger partial charge in [0.15, 0.2) is 0 Å². The highest BCUT2D eigenvalue weighted by Crippen LogP contribution is 2.19. The molecular weight excluding hydrogens is 208 g/mol. The molecule has 2 heterocycles. The van der Waals surface area contributed by atoms with Crippen molar-refractivity contribution in [3.63, 3.8) is 0 Å². The fourth-order valence-electron chi connectivity index (χ4n) is 2.26. The maximum atomic E-state index is 12.1. The second-order valence-corrected chi connectivity index (χ2v) is 5.66. The minimum absolute atomic E-state index is 0.0865. The topological polar surface area (TPSA) is 32.3 Å². The van der Waals surface area contributed by atoms with Gasteiger partial charge in [-0.3, -0.25) is 10.1 Å². The maximum Gasteiger partial charge on any atom is 0.240 e. The first-order valence-electron chi connectivity index (χ1n) is 5.87. The summed E-state index contributed by atoms with van der Waals surface area (Å²) >= 11 is 1.82. The quantitative estimate of drug-likeness (QED) is 0.734. The summed E-state index contributed by atoms with van der Waals surface area (Å²) in [5.41, 5.74) is 0. The summed E-state index contributed by atoms with van der Waals surface area (Å²) in [7, 11) is 0. The molecule has 0 bridgehead atoms. The van der Waals surface area contributed by atoms with Gasteiger partial charge in [-0.15, -0.1) is 11.8 Å². The molecule has 2 atom stereocenters. The number of thioether (sulfide) groups is 1. The van der Waals surface area contributed by atoms with Crippen molar-refractivity contribution in [2.45, 2.75) is 32.2 Å². The molecule has 2 aliphatic heterocycles. The van der Waals surface area contributed by atoms with Crippen molar-refractivity contribution in [2.24, 2.45) is 5.92 Å². The van der Waals surface area contributed by atoms with Gasteiger partial charge in [-0.05, 0) is 25.2 Å². The van der Waals surface area contributed by atoms with E-state index in [1.54, 1.807) is 0 Å². The third kappa shape index (κ3) is 2.88. The van der Waals surface area contributed by atoms with Crippen LogP contribution in [0.1, 0.15) is 26.2 Å². The molecule has 1 amide bonds. The van der Waals surface area contributed by atoms with Gasteiger partial charge in [0.05, 0.1) is 6.04 Å². The predicted octanol–water partition coefficient (Wildman–Crippen LogP) is 1.30. The molecule has 0 aromatic heterocycles. The number of hydrogen-bond donors (Lipinski definition) is 1. The normalized spacial score (nSPS) is 32.7. The smallest absolute Gasteiger partial charge is 0.240 e. The van der Waals surface area contributed by atoms with E-state index in [1.165, 1.54) is 19.3 Å². The molecule has 2 rings (SSSR count). The largest absolute Gasteiger partial charge is 0.341 e. The van der Waals surface area contributed by atoms with Crippen molar-refractivity contribution in [2.75, 3.05) is 24.7 Å². The molecule has 1 N–H and O–H groups in total. The van der Waals surface area contributed by atoms with Crippen LogP contribution in [0.4, 0.5) is 0 Å². The highest BCUT2D eigenvalue weighted by molar-refractivity contribution is 7.99. The number of carbonyl (C=O) groups excluding carboxylic acids is 1. The van der Waals surface area contributed by atoms with Crippen molar-refractivity contribution in [1.82, 2.24) is 10.2 Å². The third-order valence-electron chi connectivity index (χ3n) is 3.34. The highest BCUT2D eigenvalue weighted by atomic mass is 32.2. The summed E-state index contributed by atoms with van der Waals surface area (Å²) in [5, 5.41) is 3.26. The lowest BCUT2D eigenvalue weighted by molar-refractivity contribution is -0.132. The van der Waals surface area contributed by atoms with Gasteiger partial charge in [0.2, 0.25) is 5.91 Å². The second kappa shape index (κ2) is 5.21. The van der Waals surface area contributed by atoms with Crippen molar-refractivity contribution >= 4 is 17.7 Å². The Morgan fingerprint density at radius 3 is 3.00 bits per heavy atom. The summed E-state index contributed by atoms with van der Waals surface area (Å²) in [6, 6.07) is 0.0865. The number of likely N-dealkylation sites (tertiary alicyclic amines) is 1. The molecule has 86 valence electrons. The van der Waals surface area contributed by atoms with E-state index in [2.05, 4.69) is 17.1 Å². The number of hydrogen-bond acceptors (Lipinski definition) is 3. The number of carbonyl (C=O) groups is 1. The van der Waals surface area contributed by atoms with Crippen LogP contribution in [0, 0.1) is 5.92 Å². The second-order valence-electron chi connectivity index (χ2n) is 4.63. The van der Waals surface area contributed by atoms with Crippen LogP contribution in [-0.2, 0) is 4.79 Å². The molecule has 0 aliphatic carbocycles. The van der Waals surface area contributed by atoms with Gasteiger partial charge in [-0.25, -0.2) is 0 Å². The van der Waals surface area contributed by atoms with Crippen molar-refractivity contribution in [3.05, 3.63) is 0 Å². The molecule has 1 unspecified atom stereocenters. The standard InChI is InChI=1S/C11H20N2OS/c1-9-3-2-5-13(6-4-9)11(14)10-7-15-8-12-10/h9-10,12H,2-8H2,1H3/t9?,10-/m1/s1. The third-order valence-corrected chi connectivity index (χ3v) is 4.28. The lowest BCUT2D eigenvalue weighted by Gasteiger charge is -2.23. The van der Waals surface area contributed by atoms with Gasteiger partial charge in [0.1, 0.15) is 0 Å². The van der Waals surface area contributed by atoms with Gasteiger partial charge in [-0.1, -0.05) is 6.92 Å². The summed E-state index contributed by atoms with van der Waals surface area (Å²) in [4.78, 5) is 14.2. The van der Waals surface area contributed by atoms with Crippen molar-refractivity contribution in [3.8, 4) is 0 Å². The zero-order valence-corrected chi connectivity index (χ0v) is 10.2. The zero-order chi connectivity index (χ0) is 10.7. The predicted molar refractivity (Wildman–Crippen MR) is 63.8 cm³/mol. The summed E-state index contributed by atoms with van der Waals surface area (Å²) < 4.78 is 0. The molecule has 2 saturated heterocycles. The minimum Gasteiger partial charge on any atom is -0.341 e. The van der Waals surface area contributed by atoms with Gasteiger partial charge in [0.25, 0.3) is 0 Å². The average Bonchev–Trinajstić information content (AvgIpc) is 2.67. The van der Waals surface area contributed by atoms with Crippen LogP contribution in [0.3, 0.4) is 0 Å². The van der Waals surface area contributed by atoms with E-state index in [0.717, 1.165) is 30.6 Å². The van der Waals surface area contributed by atoms with Gasteiger partial charge in [0, 0.05) is 24.7 Å². The summed E-state index contributed by atoms with van der Waals surface area (Å²) in [6.07, 6.45) is 3.62. The number of nitrogens with one attached hydrogen (secondary N) is 1. The summed E-state index contributed by atoms with van der Waals surface area (Å²) in [5.74, 6) is 2.99. The van der Waals surface area contributed by atoms with Crippen LogP contribution < -0.4 is 5.32 Å². The van der Waals surface area contributed by atoms with Crippen LogP contribution in [0.2, 0.25) is 0 Å². The Morgan fingerprint density at radius 2 is 2.27 bits per heavy atom. The Bertz CT molecular complexity index is 229. The van der Waals surface area contributed by atoms with Crippen LogP contribution >= 0.6 is 11.8 Å². The molecule has 0 radical (unpaired) electrons. The molecule has 0 saturated carbocycles. The maximum absolute atomic E-state index is 12.1. The van der Waals surface area contributed by atoms with E-state index in [1.807, 2.05) is 11.8 Å². The van der Waals surface area contributed by atoms with E-state index < -0.39 is 0 Å². The Labute approximate surface area is 96.0 Å². The van der Waals surface area contributed by atoms with Crippen molar-refractivity contribution in [1.29, 1.82) is 0 Å². The van der Waals surface area contributed by atoms with E-state index in [9.17, 15) is 4.79 Å². The average molecular weight is 228 g/mol. The number of nitrogens with zero attached hydrogens (tertiary/aromatic N) is 1. The molecule has 0 aromatic rings. The Kier molecular flexibility index (Phi) is 3.92. The van der Waals surface area contributed by atoms with Gasteiger partial charge >= 0.3 is 0 Å². The minimum atomic E-state index is 0.0865. The van der Waals surface area contributed by atoms with Gasteiger partial charge < -0.3 is 4.90 Å². The lowest BCUT2D eigenvalue weighted by atomic mass is 10.0. The fourth-order valence-corrected chi connectivity index (χ4v) is 3.19. The SMILES string of the molecule is CC1CCCN(C(=O)[C@H]2CSCN2)CC1. The lowest BCUT2D eigenvalue weighted by Crippen LogP contribution is -2.45. The molecule has 0 aromatic carbocycles. The van der Waals surface area contributed by atoms with E-state index in [0.29, 0.717) is 5.91 Å². The monoisotopic (exact) mass is 228 g/mol. The van der Waals surface area contributed by atoms with E-state index in [-0.39, 0.29) is 6.04 Å². The number of amides is 1. The van der Waals surface area contributed by atoms with Crippen LogP contribution in [0.25, 0.3) is 0 Å². The number of rotatable bonds is 1. The zero-order valence-electron chi connectivity index (χ0n) is 9.37. The van der Waals surface area contributed by atoms with Crippen molar-refractivity contribution < 1.29 is 4.79 Å². The Balaban J connectivity index is 1.88. The van der Waals surface area contributed by atoms with E-state index >= 15 is 0 Å². The van der Waals surface area contributed by atoms with Crippen LogP contribution in [0.5, 0.6) is 0 Å². The first-order chi connectivity index (χ1) is 7.27. The van der Waals surface area contributed by atoms with Crippen LogP contribution in [0.15, 0.2) is 0 Å². The molecule has 15 heavy (non-hydrogen) atoms. The Morgan fingerprint density at radius 1 is 1.40 bits per heavy atom. The molecular formula is C11H20N2OS. The first-order valence-corrected chi connectivity index (χ1v) is 7.03. The fraction of sp³-hybridized carbons (Fsp3) is 0.909.